The lowest BCUT2D eigenvalue weighted by Gasteiger charge is -2.45. The van der Waals surface area contributed by atoms with E-state index < -0.39 is 0 Å². The van der Waals surface area contributed by atoms with Crippen molar-refractivity contribution in [1.29, 1.82) is 0 Å². The molecule has 3 aliphatic rings. The van der Waals surface area contributed by atoms with Gasteiger partial charge in [-0.2, -0.15) is 0 Å². The Bertz CT molecular complexity index is 405. The summed E-state index contributed by atoms with van der Waals surface area (Å²) in [5, 5.41) is 0. The quantitative estimate of drug-likeness (QED) is 0.724. The van der Waals surface area contributed by atoms with Crippen molar-refractivity contribution in [3.05, 3.63) is 0 Å². The van der Waals surface area contributed by atoms with E-state index in [-0.39, 0.29) is 23.9 Å². The van der Waals surface area contributed by atoms with E-state index in [1.807, 2.05) is 9.80 Å². The highest BCUT2D eigenvalue weighted by molar-refractivity contribution is 5.95. The van der Waals surface area contributed by atoms with Crippen LogP contribution in [0.4, 0.5) is 0 Å². The van der Waals surface area contributed by atoms with E-state index in [4.69, 9.17) is 0 Å². The van der Waals surface area contributed by atoms with Crippen LogP contribution in [0.1, 0.15) is 52.4 Å². The monoisotopic (exact) mass is 264 g/mol. The molecule has 2 unspecified atom stereocenters. The van der Waals surface area contributed by atoms with Gasteiger partial charge in [-0.15, -0.1) is 0 Å². The molecule has 0 bridgehead atoms. The van der Waals surface area contributed by atoms with Crippen molar-refractivity contribution in [2.75, 3.05) is 13.1 Å². The summed E-state index contributed by atoms with van der Waals surface area (Å²) in [7, 11) is 0. The van der Waals surface area contributed by atoms with Gasteiger partial charge in [-0.05, 0) is 43.9 Å². The Morgan fingerprint density at radius 3 is 2.58 bits per heavy atom. The number of nitrogens with zero attached hydrogens (tertiary/aromatic N) is 2. The maximum atomic E-state index is 12.6. The zero-order valence-corrected chi connectivity index (χ0v) is 12.0. The SMILES string of the molecule is CC1(C)CCC(N2CC(=O)N3CCCCC3C2=O)C1. The van der Waals surface area contributed by atoms with Crippen molar-refractivity contribution in [3.63, 3.8) is 0 Å². The fourth-order valence-electron chi connectivity index (χ4n) is 3.97. The minimum absolute atomic E-state index is 0.154. The Kier molecular flexibility index (Phi) is 3.06. The third-order valence-electron chi connectivity index (χ3n) is 5.08. The first-order valence-electron chi connectivity index (χ1n) is 7.58. The summed E-state index contributed by atoms with van der Waals surface area (Å²) >= 11 is 0. The molecular weight excluding hydrogens is 240 g/mol. The number of hydrogen-bond acceptors (Lipinski definition) is 2. The first-order valence-corrected chi connectivity index (χ1v) is 7.58. The van der Waals surface area contributed by atoms with E-state index in [1.165, 1.54) is 0 Å². The van der Waals surface area contributed by atoms with Gasteiger partial charge in [0.05, 0.1) is 0 Å². The number of piperazine rings is 1. The van der Waals surface area contributed by atoms with Crippen molar-refractivity contribution < 1.29 is 9.59 Å². The summed E-state index contributed by atoms with van der Waals surface area (Å²) in [5.41, 5.74) is 0.317. The number of carbonyl (C=O) groups is 2. The third-order valence-corrected chi connectivity index (χ3v) is 5.08. The molecule has 0 aromatic rings. The second kappa shape index (κ2) is 4.50. The molecule has 106 valence electrons. The van der Waals surface area contributed by atoms with Gasteiger partial charge < -0.3 is 9.80 Å². The lowest BCUT2D eigenvalue weighted by atomic mass is 9.91. The highest BCUT2D eigenvalue weighted by Gasteiger charge is 2.45. The molecule has 0 aromatic heterocycles. The van der Waals surface area contributed by atoms with Crippen LogP contribution in [0.5, 0.6) is 0 Å². The van der Waals surface area contributed by atoms with Crippen LogP contribution in [0.15, 0.2) is 0 Å². The molecule has 4 heteroatoms. The molecule has 0 N–H and O–H groups in total. The van der Waals surface area contributed by atoms with E-state index in [1.54, 1.807) is 0 Å². The molecule has 2 aliphatic heterocycles. The predicted molar refractivity (Wildman–Crippen MR) is 72.5 cm³/mol. The van der Waals surface area contributed by atoms with Crippen LogP contribution in [-0.4, -0.2) is 46.8 Å². The van der Waals surface area contributed by atoms with E-state index in [0.717, 1.165) is 45.1 Å². The molecule has 0 aromatic carbocycles. The summed E-state index contributed by atoms with van der Waals surface area (Å²) in [6.07, 6.45) is 6.23. The first kappa shape index (κ1) is 12.9. The summed E-state index contributed by atoms with van der Waals surface area (Å²) in [6.45, 7) is 5.61. The first-order chi connectivity index (χ1) is 8.98. The lowest BCUT2D eigenvalue weighted by molar-refractivity contribution is -0.160. The molecule has 1 aliphatic carbocycles. The van der Waals surface area contributed by atoms with Gasteiger partial charge in [-0.3, -0.25) is 9.59 Å². The summed E-state index contributed by atoms with van der Waals surface area (Å²) in [6, 6.07) is 0.134. The van der Waals surface area contributed by atoms with Gasteiger partial charge in [0.2, 0.25) is 11.8 Å². The molecule has 2 saturated heterocycles. The van der Waals surface area contributed by atoms with Crippen molar-refractivity contribution in [2.45, 2.75) is 64.5 Å². The smallest absolute Gasteiger partial charge is 0.246 e. The molecule has 1 saturated carbocycles. The van der Waals surface area contributed by atoms with Gasteiger partial charge in [0.1, 0.15) is 12.6 Å². The zero-order valence-electron chi connectivity index (χ0n) is 12.0. The Labute approximate surface area is 115 Å². The van der Waals surface area contributed by atoms with Crippen LogP contribution >= 0.6 is 0 Å². The van der Waals surface area contributed by atoms with Gasteiger partial charge in [0, 0.05) is 12.6 Å². The number of amides is 2. The topological polar surface area (TPSA) is 40.6 Å². The zero-order chi connectivity index (χ0) is 13.6. The largest absolute Gasteiger partial charge is 0.329 e. The van der Waals surface area contributed by atoms with Gasteiger partial charge in [-0.25, -0.2) is 0 Å². The number of carbonyl (C=O) groups excluding carboxylic acids is 2. The Balaban J connectivity index is 1.76. The lowest BCUT2D eigenvalue weighted by Crippen LogP contribution is -2.63. The standard InChI is InChI=1S/C15H24N2O2/c1-15(2)7-6-11(9-15)17-10-13(18)16-8-4-3-5-12(16)14(17)19/h11-12H,3-10H2,1-2H3. The Morgan fingerprint density at radius 1 is 1.11 bits per heavy atom. The van der Waals surface area contributed by atoms with Crippen LogP contribution in [0.25, 0.3) is 0 Å². The minimum Gasteiger partial charge on any atom is -0.329 e. The fourth-order valence-corrected chi connectivity index (χ4v) is 3.97. The van der Waals surface area contributed by atoms with E-state index in [2.05, 4.69) is 13.8 Å². The van der Waals surface area contributed by atoms with Crippen LogP contribution in [-0.2, 0) is 9.59 Å². The fraction of sp³-hybridized carbons (Fsp3) is 0.867. The van der Waals surface area contributed by atoms with Gasteiger partial charge in [-0.1, -0.05) is 13.8 Å². The summed E-state index contributed by atoms with van der Waals surface area (Å²) in [4.78, 5) is 28.6. The molecule has 4 nitrogen and oxygen atoms in total. The number of piperidine rings is 1. The number of rotatable bonds is 1. The second-order valence-corrected chi connectivity index (χ2v) is 7.13. The van der Waals surface area contributed by atoms with Gasteiger partial charge >= 0.3 is 0 Å². The van der Waals surface area contributed by atoms with Gasteiger partial charge in [0.25, 0.3) is 0 Å². The summed E-state index contributed by atoms with van der Waals surface area (Å²) < 4.78 is 0. The minimum atomic E-state index is -0.154. The highest BCUT2D eigenvalue weighted by atomic mass is 16.2. The molecule has 0 radical (unpaired) electrons. The van der Waals surface area contributed by atoms with E-state index in [0.29, 0.717) is 12.0 Å². The van der Waals surface area contributed by atoms with Crippen molar-refractivity contribution in [3.8, 4) is 0 Å². The Morgan fingerprint density at radius 2 is 1.89 bits per heavy atom. The van der Waals surface area contributed by atoms with Crippen molar-refractivity contribution in [2.24, 2.45) is 5.41 Å². The highest BCUT2D eigenvalue weighted by Crippen LogP contribution is 2.40. The molecule has 2 atom stereocenters. The average molecular weight is 264 g/mol. The molecule has 2 heterocycles. The van der Waals surface area contributed by atoms with Gasteiger partial charge in [0.15, 0.2) is 0 Å². The van der Waals surface area contributed by atoms with Crippen molar-refractivity contribution in [1.82, 2.24) is 9.80 Å². The maximum Gasteiger partial charge on any atom is 0.246 e. The summed E-state index contributed by atoms with van der Waals surface area (Å²) in [5.74, 6) is 0.371. The normalized spacial score (nSPS) is 34.6. The average Bonchev–Trinajstić information content (AvgIpc) is 2.74. The third kappa shape index (κ3) is 2.26. The Hall–Kier alpha value is -1.06. The van der Waals surface area contributed by atoms with Crippen LogP contribution in [0, 0.1) is 5.41 Å². The molecular formula is C15H24N2O2. The van der Waals surface area contributed by atoms with Crippen LogP contribution in [0.2, 0.25) is 0 Å². The molecule has 3 fully saturated rings. The van der Waals surface area contributed by atoms with E-state index >= 15 is 0 Å². The van der Waals surface area contributed by atoms with Crippen molar-refractivity contribution >= 4 is 11.8 Å². The molecule has 2 amide bonds. The predicted octanol–water partition coefficient (Wildman–Crippen LogP) is 1.79. The number of fused-ring (bicyclic) bond motifs is 1. The molecule has 3 rings (SSSR count). The second-order valence-electron chi connectivity index (χ2n) is 7.13. The maximum absolute atomic E-state index is 12.6. The molecule has 19 heavy (non-hydrogen) atoms. The van der Waals surface area contributed by atoms with Crippen LogP contribution in [0.3, 0.4) is 0 Å². The molecule has 0 spiro atoms. The number of hydrogen-bond donors (Lipinski definition) is 0. The van der Waals surface area contributed by atoms with E-state index in [9.17, 15) is 9.59 Å². The van der Waals surface area contributed by atoms with Crippen LogP contribution < -0.4 is 0 Å².